The topological polar surface area (TPSA) is 25.8 Å². The summed E-state index contributed by atoms with van der Waals surface area (Å²) >= 11 is 4.75. The third-order valence-corrected chi connectivity index (χ3v) is 1.00. The Balaban J connectivity index is 3.08. The van der Waals surface area contributed by atoms with Gasteiger partial charge in [0.25, 0.3) is 0 Å². The molecule has 0 unspecified atom stereocenters. The first-order chi connectivity index (χ1) is 3.79. The van der Waals surface area contributed by atoms with E-state index in [1.54, 1.807) is 6.07 Å². The Morgan fingerprint density at radius 2 is 2.25 bits per heavy atom. The summed E-state index contributed by atoms with van der Waals surface area (Å²) in [4.78, 5) is 7.61. The van der Waals surface area contributed by atoms with Crippen molar-refractivity contribution < 1.29 is 0 Å². The summed E-state index contributed by atoms with van der Waals surface area (Å²) in [7, 11) is 0. The van der Waals surface area contributed by atoms with Crippen molar-refractivity contribution in [2.75, 3.05) is 0 Å². The van der Waals surface area contributed by atoms with Gasteiger partial charge in [0.2, 0.25) is 0 Å². The summed E-state index contributed by atoms with van der Waals surface area (Å²) in [6.07, 6.45) is 1.47. The van der Waals surface area contributed by atoms with Crippen molar-refractivity contribution in [2.24, 2.45) is 0 Å². The van der Waals surface area contributed by atoms with E-state index in [-0.39, 0.29) is 0 Å². The highest BCUT2D eigenvalue weighted by Gasteiger charge is 1.77. The van der Waals surface area contributed by atoms with Gasteiger partial charge in [-0.25, -0.2) is 4.98 Å². The molecule has 0 atom stereocenters. The first-order valence-corrected chi connectivity index (χ1v) is 2.65. The van der Waals surface area contributed by atoms with Gasteiger partial charge in [0.05, 0.1) is 0 Å². The molecule has 0 radical (unpaired) electrons. The SMILES string of the molecule is Cc1cc([S-])ncn1. The average Bonchev–Trinajstić information content (AvgIpc) is 1.64. The van der Waals surface area contributed by atoms with E-state index in [0.29, 0.717) is 5.03 Å². The summed E-state index contributed by atoms with van der Waals surface area (Å²) in [5.41, 5.74) is 0.921. The molecule has 0 aliphatic carbocycles. The maximum absolute atomic E-state index is 4.75. The van der Waals surface area contributed by atoms with Gasteiger partial charge in [-0.2, -0.15) is 0 Å². The van der Waals surface area contributed by atoms with Gasteiger partial charge in [0.1, 0.15) is 6.33 Å². The summed E-state index contributed by atoms with van der Waals surface area (Å²) in [6, 6.07) is 1.76. The fourth-order valence-electron chi connectivity index (χ4n) is 0.430. The first kappa shape index (κ1) is 5.44. The fraction of sp³-hybridized carbons (Fsp3) is 0.200. The second kappa shape index (κ2) is 2.05. The van der Waals surface area contributed by atoms with Crippen LogP contribution in [0.2, 0.25) is 0 Å². The van der Waals surface area contributed by atoms with Crippen LogP contribution in [0, 0.1) is 6.92 Å². The van der Waals surface area contributed by atoms with Crippen LogP contribution in [0.25, 0.3) is 0 Å². The lowest BCUT2D eigenvalue weighted by Crippen LogP contribution is -1.83. The van der Waals surface area contributed by atoms with Crippen LogP contribution in [0.15, 0.2) is 17.4 Å². The Morgan fingerprint density at radius 1 is 1.50 bits per heavy atom. The minimum Gasteiger partial charge on any atom is -0.760 e. The van der Waals surface area contributed by atoms with E-state index in [9.17, 15) is 0 Å². The normalized spacial score (nSPS) is 9.12. The van der Waals surface area contributed by atoms with E-state index < -0.39 is 0 Å². The van der Waals surface area contributed by atoms with Gasteiger partial charge in [0.15, 0.2) is 0 Å². The van der Waals surface area contributed by atoms with E-state index in [1.807, 2.05) is 6.92 Å². The third-order valence-electron chi connectivity index (χ3n) is 0.779. The molecular weight excluding hydrogens is 120 g/mol. The number of hydrogen-bond donors (Lipinski definition) is 0. The van der Waals surface area contributed by atoms with Gasteiger partial charge >= 0.3 is 0 Å². The number of rotatable bonds is 0. The van der Waals surface area contributed by atoms with Crippen LogP contribution in [0.3, 0.4) is 0 Å². The molecule has 0 saturated heterocycles. The molecule has 0 spiro atoms. The zero-order valence-corrected chi connectivity index (χ0v) is 5.27. The van der Waals surface area contributed by atoms with Crippen molar-refractivity contribution in [3.05, 3.63) is 18.1 Å². The Labute approximate surface area is 53.4 Å². The van der Waals surface area contributed by atoms with Crippen LogP contribution in [-0.2, 0) is 12.6 Å². The molecule has 2 nitrogen and oxygen atoms in total. The van der Waals surface area contributed by atoms with Gasteiger partial charge in [-0.05, 0) is 13.0 Å². The highest BCUT2D eigenvalue weighted by Crippen LogP contribution is 1.92. The Hall–Kier alpha value is -0.700. The summed E-state index contributed by atoms with van der Waals surface area (Å²) in [5, 5.41) is 0.609. The quantitative estimate of drug-likeness (QED) is 0.377. The van der Waals surface area contributed by atoms with Crippen LogP contribution in [-0.4, -0.2) is 9.97 Å². The minimum atomic E-state index is 0.609. The second-order valence-electron chi connectivity index (χ2n) is 1.50. The molecule has 8 heavy (non-hydrogen) atoms. The minimum absolute atomic E-state index is 0.609. The molecule has 0 bridgehead atoms. The molecule has 1 heterocycles. The van der Waals surface area contributed by atoms with Crippen molar-refractivity contribution in [2.45, 2.75) is 11.9 Å². The van der Waals surface area contributed by atoms with Crippen LogP contribution in [0.1, 0.15) is 5.69 Å². The molecule has 0 amide bonds. The number of nitrogens with zero attached hydrogens (tertiary/aromatic N) is 2. The molecule has 1 rings (SSSR count). The van der Waals surface area contributed by atoms with E-state index >= 15 is 0 Å². The van der Waals surface area contributed by atoms with E-state index in [1.165, 1.54) is 6.33 Å². The zero-order valence-electron chi connectivity index (χ0n) is 4.46. The molecular formula is C5H5N2S-. The van der Waals surface area contributed by atoms with Crippen molar-refractivity contribution in [1.82, 2.24) is 9.97 Å². The number of aromatic nitrogens is 2. The van der Waals surface area contributed by atoms with Gasteiger partial charge in [-0.3, -0.25) is 4.98 Å². The smallest absolute Gasteiger partial charge is 0.113 e. The van der Waals surface area contributed by atoms with Gasteiger partial charge in [-0.1, -0.05) is 5.03 Å². The molecule has 0 saturated carbocycles. The number of aryl methyl sites for hydroxylation is 1. The van der Waals surface area contributed by atoms with Gasteiger partial charge in [0, 0.05) is 5.69 Å². The largest absolute Gasteiger partial charge is 0.760 e. The molecule has 0 aliphatic rings. The van der Waals surface area contributed by atoms with Crippen LogP contribution in [0.4, 0.5) is 0 Å². The predicted octanol–water partition coefficient (Wildman–Crippen LogP) is 0.691. The molecule has 0 N–H and O–H groups in total. The molecule has 0 fully saturated rings. The lowest BCUT2D eigenvalue weighted by molar-refractivity contribution is 1.01. The van der Waals surface area contributed by atoms with E-state index in [2.05, 4.69) is 9.97 Å². The number of hydrogen-bond acceptors (Lipinski definition) is 3. The maximum atomic E-state index is 4.75. The van der Waals surface area contributed by atoms with Crippen molar-refractivity contribution in [3.63, 3.8) is 0 Å². The van der Waals surface area contributed by atoms with Crippen LogP contribution in [0.5, 0.6) is 0 Å². The predicted molar refractivity (Wildman–Crippen MR) is 32.4 cm³/mol. The molecule has 42 valence electrons. The van der Waals surface area contributed by atoms with Crippen LogP contribution < -0.4 is 0 Å². The second-order valence-corrected chi connectivity index (χ2v) is 1.92. The highest BCUT2D eigenvalue weighted by atomic mass is 32.1. The van der Waals surface area contributed by atoms with E-state index in [0.717, 1.165) is 5.69 Å². The standard InChI is InChI=1S/C5H6N2S/c1-4-2-5(8)7-3-6-4/h2-3H,1H3,(H,6,7,8)/p-1. The first-order valence-electron chi connectivity index (χ1n) is 2.25. The maximum Gasteiger partial charge on any atom is 0.113 e. The van der Waals surface area contributed by atoms with Crippen molar-refractivity contribution in [3.8, 4) is 0 Å². The summed E-state index contributed by atoms with van der Waals surface area (Å²) in [6.45, 7) is 1.89. The van der Waals surface area contributed by atoms with Crippen LogP contribution >= 0.6 is 0 Å². The van der Waals surface area contributed by atoms with E-state index in [4.69, 9.17) is 12.6 Å². The molecule has 3 heteroatoms. The van der Waals surface area contributed by atoms with Crippen molar-refractivity contribution in [1.29, 1.82) is 0 Å². The van der Waals surface area contributed by atoms with Gasteiger partial charge < -0.3 is 12.6 Å². The molecule has 0 aliphatic heterocycles. The zero-order chi connectivity index (χ0) is 5.98. The Kier molecular flexibility index (Phi) is 1.39. The average molecular weight is 125 g/mol. The molecule has 1 aromatic rings. The fourth-order valence-corrected chi connectivity index (χ4v) is 0.648. The highest BCUT2D eigenvalue weighted by molar-refractivity contribution is 7.58. The summed E-state index contributed by atoms with van der Waals surface area (Å²) < 4.78 is 0. The van der Waals surface area contributed by atoms with Gasteiger partial charge in [-0.15, -0.1) is 0 Å². The lowest BCUT2D eigenvalue weighted by Gasteiger charge is -2.00. The molecule has 1 aromatic heterocycles. The monoisotopic (exact) mass is 125 g/mol. The third kappa shape index (κ3) is 1.13. The van der Waals surface area contributed by atoms with Crippen molar-refractivity contribution >= 4 is 12.6 Å². The Bertz CT molecular complexity index is 170. The molecule has 0 aromatic carbocycles. The summed E-state index contributed by atoms with van der Waals surface area (Å²) in [5.74, 6) is 0. The Morgan fingerprint density at radius 3 is 2.62 bits per heavy atom. The lowest BCUT2D eigenvalue weighted by atomic mass is 10.5.